The van der Waals surface area contributed by atoms with Crippen molar-refractivity contribution in [3.8, 4) is 0 Å². The maximum Gasteiger partial charge on any atom is 0.243 e. The van der Waals surface area contributed by atoms with Crippen molar-refractivity contribution in [3.63, 3.8) is 0 Å². The second kappa shape index (κ2) is 8.28. The molecule has 8 heteroatoms. The van der Waals surface area contributed by atoms with Crippen molar-refractivity contribution in [1.29, 1.82) is 0 Å². The van der Waals surface area contributed by atoms with Crippen LogP contribution in [0.2, 0.25) is 0 Å². The van der Waals surface area contributed by atoms with Gasteiger partial charge in [0.25, 0.3) is 0 Å². The summed E-state index contributed by atoms with van der Waals surface area (Å²) >= 11 is 0. The maximum atomic E-state index is 13.7. The molecule has 0 heterocycles. The third kappa shape index (κ3) is 5.58. The lowest BCUT2D eigenvalue weighted by atomic mass is 10.2. The molecule has 6 nitrogen and oxygen atoms in total. The van der Waals surface area contributed by atoms with Gasteiger partial charge in [0.2, 0.25) is 10.0 Å². The van der Waals surface area contributed by atoms with Gasteiger partial charge in [0, 0.05) is 25.9 Å². The molecule has 1 aromatic carbocycles. The van der Waals surface area contributed by atoms with Crippen LogP contribution in [0.5, 0.6) is 0 Å². The number of benzene rings is 1. The first kappa shape index (κ1) is 17.8. The van der Waals surface area contributed by atoms with Crippen LogP contribution in [0.4, 0.5) is 10.1 Å². The third-order valence-corrected chi connectivity index (χ3v) is 4.28. The smallest absolute Gasteiger partial charge is 0.243 e. The third-order valence-electron chi connectivity index (χ3n) is 2.80. The largest absolute Gasteiger partial charge is 0.398 e. The number of sulfonamides is 1. The molecule has 0 amide bonds. The van der Waals surface area contributed by atoms with Gasteiger partial charge in [-0.2, -0.15) is 0 Å². The van der Waals surface area contributed by atoms with Crippen molar-refractivity contribution >= 4 is 15.7 Å². The van der Waals surface area contributed by atoms with Gasteiger partial charge in [-0.15, -0.1) is 0 Å². The quantitative estimate of drug-likeness (QED) is 0.524. The minimum absolute atomic E-state index is 0.155. The summed E-state index contributed by atoms with van der Waals surface area (Å²) in [5.41, 5.74) is 6.35. The van der Waals surface area contributed by atoms with Gasteiger partial charge in [0.1, 0.15) is 10.7 Å². The minimum atomic E-state index is -3.91. The van der Waals surface area contributed by atoms with Crippen molar-refractivity contribution in [2.24, 2.45) is 0 Å². The molecule has 0 aliphatic rings. The number of nitrogen functional groups attached to an aromatic ring is 1. The van der Waals surface area contributed by atoms with Crippen molar-refractivity contribution < 1.29 is 22.3 Å². The lowest BCUT2D eigenvalue weighted by molar-refractivity contribution is 0.0699. The number of nitrogens with two attached hydrogens (primary N) is 1. The Balaban J connectivity index is 2.53. The van der Waals surface area contributed by atoms with E-state index in [4.69, 9.17) is 15.2 Å². The van der Waals surface area contributed by atoms with Crippen molar-refractivity contribution in [3.05, 3.63) is 23.5 Å². The Hall–Kier alpha value is -1.22. The van der Waals surface area contributed by atoms with Gasteiger partial charge in [0.05, 0.1) is 13.2 Å². The number of aryl methyl sites for hydroxylation is 1. The van der Waals surface area contributed by atoms with Crippen LogP contribution in [0.15, 0.2) is 17.0 Å². The van der Waals surface area contributed by atoms with Crippen molar-refractivity contribution in [2.45, 2.75) is 18.2 Å². The Labute approximate surface area is 124 Å². The lowest BCUT2D eigenvalue weighted by Crippen LogP contribution is -2.26. The van der Waals surface area contributed by atoms with Crippen LogP contribution in [0.3, 0.4) is 0 Å². The Bertz CT molecular complexity index is 564. The number of hydrogen-bond donors (Lipinski definition) is 2. The molecule has 0 aliphatic heterocycles. The number of halogens is 1. The standard InChI is InChI=1S/C13H21FN2O4S/c1-10-8-11(14)13(9-12(10)15)21(17,18)16-4-3-5-20-7-6-19-2/h8-9,16H,3-7,15H2,1-2H3. The van der Waals surface area contributed by atoms with Crippen LogP contribution in [-0.2, 0) is 19.5 Å². The summed E-state index contributed by atoms with van der Waals surface area (Å²) in [6.45, 7) is 3.10. The van der Waals surface area contributed by atoms with Crippen LogP contribution >= 0.6 is 0 Å². The van der Waals surface area contributed by atoms with E-state index in [1.54, 1.807) is 14.0 Å². The summed E-state index contributed by atoms with van der Waals surface area (Å²) in [5, 5.41) is 0. The van der Waals surface area contributed by atoms with Crippen LogP contribution in [0, 0.1) is 12.7 Å². The highest BCUT2D eigenvalue weighted by molar-refractivity contribution is 7.89. The van der Waals surface area contributed by atoms with Gasteiger partial charge in [-0.1, -0.05) is 0 Å². The Morgan fingerprint density at radius 1 is 1.29 bits per heavy atom. The number of rotatable bonds is 9. The van der Waals surface area contributed by atoms with Gasteiger partial charge in [-0.25, -0.2) is 17.5 Å². The highest BCUT2D eigenvalue weighted by Gasteiger charge is 2.19. The number of ether oxygens (including phenoxy) is 2. The monoisotopic (exact) mass is 320 g/mol. The van der Waals surface area contributed by atoms with Crippen LogP contribution < -0.4 is 10.5 Å². The van der Waals surface area contributed by atoms with Gasteiger partial charge < -0.3 is 15.2 Å². The van der Waals surface area contributed by atoms with E-state index in [0.29, 0.717) is 31.8 Å². The van der Waals surface area contributed by atoms with Crippen LogP contribution in [0.25, 0.3) is 0 Å². The van der Waals surface area contributed by atoms with Gasteiger partial charge in [-0.3, -0.25) is 0 Å². The molecule has 1 rings (SSSR count). The summed E-state index contributed by atoms with van der Waals surface area (Å²) in [6, 6.07) is 2.24. The zero-order chi connectivity index (χ0) is 15.9. The fourth-order valence-electron chi connectivity index (χ4n) is 1.58. The fraction of sp³-hybridized carbons (Fsp3) is 0.538. The predicted octanol–water partition coefficient (Wildman–Crippen LogP) is 1.05. The molecule has 3 N–H and O–H groups in total. The van der Waals surface area contributed by atoms with Gasteiger partial charge in [-0.05, 0) is 31.0 Å². The SMILES string of the molecule is COCCOCCCNS(=O)(=O)c1cc(N)c(C)cc1F. The minimum Gasteiger partial charge on any atom is -0.398 e. The molecule has 0 radical (unpaired) electrons. The van der Waals surface area contributed by atoms with E-state index < -0.39 is 20.7 Å². The number of hydrogen-bond acceptors (Lipinski definition) is 5. The molecule has 21 heavy (non-hydrogen) atoms. The zero-order valence-corrected chi connectivity index (χ0v) is 13.0. The average molecular weight is 320 g/mol. The normalized spacial score (nSPS) is 11.8. The molecule has 120 valence electrons. The number of methoxy groups -OCH3 is 1. The van der Waals surface area contributed by atoms with Crippen molar-refractivity contribution in [2.75, 3.05) is 39.2 Å². The molecule has 0 saturated carbocycles. The second-order valence-corrected chi connectivity index (χ2v) is 6.23. The molecule has 0 atom stereocenters. The lowest BCUT2D eigenvalue weighted by Gasteiger charge is -2.10. The molecule has 0 fully saturated rings. The second-order valence-electron chi connectivity index (χ2n) is 4.50. The van der Waals surface area contributed by atoms with Crippen molar-refractivity contribution in [1.82, 2.24) is 4.72 Å². The Kier molecular flexibility index (Phi) is 7.03. The molecule has 0 aliphatic carbocycles. The number of nitrogens with one attached hydrogen (secondary N) is 1. The van der Waals surface area contributed by atoms with E-state index in [-0.39, 0.29) is 12.2 Å². The highest BCUT2D eigenvalue weighted by atomic mass is 32.2. The maximum absolute atomic E-state index is 13.7. The first-order valence-electron chi connectivity index (χ1n) is 6.50. The molecule has 1 aromatic rings. The average Bonchev–Trinajstić information content (AvgIpc) is 2.41. The Morgan fingerprint density at radius 3 is 2.67 bits per heavy atom. The van der Waals surface area contributed by atoms with Gasteiger partial charge in [0.15, 0.2) is 0 Å². The summed E-state index contributed by atoms with van der Waals surface area (Å²) in [4.78, 5) is -0.439. The fourth-order valence-corrected chi connectivity index (χ4v) is 2.74. The van der Waals surface area contributed by atoms with Crippen LogP contribution in [-0.4, -0.2) is 41.9 Å². The molecular weight excluding hydrogens is 299 g/mol. The summed E-state index contributed by atoms with van der Waals surface area (Å²) < 4.78 is 50.0. The van der Waals surface area contributed by atoms with Gasteiger partial charge >= 0.3 is 0 Å². The highest BCUT2D eigenvalue weighted by Crippen LogP contribution is 2.21. The molecule has 0 saturated heterocycles. The van der Waals surface area contributed by atoms with E-state index >= 15 is 0 Å². The topological polar surface area (TPSA) is 90.6 Å². The van der Waals surface area contributed by atoms with E-state index in [9.17, 15) is 12.8 Å². The van der Waals surface area contributed by atoms with E-state index in [2.05, 4.69) is 4.72 Å². The first-order valence-corrected chi connectivity index (χ1v) is 7.98. The summed E-state index contributed by atoms with van der Waals surface area (Å²) in [6.07, 6.45) is 0.478. The Morgan fingerprint density at radius 2 is 2.00 bits per heavy atom. The van der Waals surface area contributed by atoms with E-state index in [1.165, 1.54) is 0 Å². The summed E-state index contributed by atoms with van der Waals surface area (Å²) in [7, 11) is -2.34. The van der Waals surface area contributed by atoms with Crippen LogP contribution in [0.1, 0.15) is 12.0 Å². The molecule has 0 bridgehead atoms. The molecule has 0 spiro atoms. The molecule has 0 aromatic heterocycles. The predicted molar refractivity (Wildman–Crippen MR) is 78.0 cm³/mol. The van der Waals surface area contributed by atoms with E-state index in [0.717, 1.165) is 12.1 Å². The molecule has 0 unspecified atom stereocenters. The zero-order valence-electron chi connectivity index (χ0n) is 12.2. The van der Waals surface area contributed by atoms with E-state index in [1.807, 2.05) is 0 Å². The number of anilines is 1. The molecular formula is C13H21FN2O4S. The first-order chi connectivity index (χ1) is 9.88. The summed E-state index contributed by atoms with van der Waals surface area (Å²) in [5.74, 6) is -0.814.